The molecule has 0 saturated heterocycles. The molecule has 4 nitrogen and oxygen atoms in total. The summed E-state index contributed by atoms with van der Waals surface area (Å²) in [4.78, 5) is 25.2. The second kappa shape index (κ2) is 6.00. The van der Waals surface area contributed by atoms with Gasteiger partial charge in [-0.3, -0.25) is 9.59 Å². The van der Waals surface area contributed by atoms with Crippen molar-refractivity contribution in [2.45, 2.75) is 6.92 Å². The van der Waals surface area contributed by atoms with Gasteiger partial charge < -0.3 is 9.64 Å². The summed E-state index contributed by atoms with van der Waals surface area (Å²) in [5.74, 6) is -1.14. The van der Waals surface area contributed by atoms with Crippen molar-refractivity contribution < 1.29 is 18.7 Å². The van der Waals surface area contributed by atoms with Gasteiger partial charge in [-0.2, -0.15) is 0 Å². The van der Waals surface area contributed by atoms with Crippen LogP contribution in [0.5, 0.6) is 0 Å². The maximum absolute atomic E-state index is 13.6. The highest BCUT2D eigenvalue weighted by Crippen LogP contribution is 2.28. The number of fused-ring (bicyclic) bond motifs is 1. The van der Waals surface area contributed by atoms with Gasteiger partial charge >= 0.3 is 5.97 Å². The van der Waals surface area contributed by atoms with Gasteiger partial charge in [0, 0.05) is 17.1 Å². The van der Waals surface area contributed by atoms with Crippen LogP contribution in [0, 0.1) is 5.82 Å². The van der Waals surface area contributed by atoms with Gasteiger partial charge in [0.05, 0.1) is 11.5 Å². The molecule has 1 heterocycles. The molecule has 0 atom stereocenters. The third kappa shape index (κ3) is 2.96. The molecule has 2 aromatic rings. The molecule has 1 aromatic carbocycles. The third-order valence-electron chi connectivity index (χ3n) is 2.74. The van der Waals surface area contributed by atoms with Crippen LogP contribution in [0.1, 0.15) is 16.6 Å². The number of hydrogen-bond donors (Lipinski definition) is 0. The van der Waals surface area contributed by atoms with E-state index in [-0.39, 0.29) is 24.9 Å². The van der Waals surface area contributed by atoms with Gasteiger partial charge in [-0.15, -0.1) is 11.3 Å². The summed E-state index contributed by atoms with van der Waals surface area (Å²) in [6.45, 7) is 1.85. The lowest BCUT2D eigenvalue weighted by atomic mass is 10.2. The van der Waals surface area contributed by atoms with Crippen LogP contribution in [-0.2, 0) is 9.53 Å². The molecule has 106 valence electrons. The van der Waals surface area contributed by atoms with Gasteiger partial charge in [0.1, 0.15) is 12.4 Å². The summed E-state index contributed by atoms with van der Waals surface area (Å²) in [5.41, 5.74) is 0. The molecular formula is C14H14FNO3S. The molecule has 0 radical (unpaired) electrons. The quantitative estimate of drug-likeness (QED) is 0.815. The van der Waals surface area contributed by atoms with E-state index in [0.29, 0.717) is 15.0 Å². The zero-order chi connectivity index (χ0) is 14.7. The Balaban J connectivity index is 2.18. The third-order valence-corrected chi connectivity index (χ3v) is 3.83. The molecule has 1 amide bonds. The van der Waals surface area contributed by atoms with E-state index in [1.807, 2.05) is 0 Å². The number of halogens is 1. The Morgan fingerprint density at radius 3 is 2.80 bits per heavy atom. The molecule has 2 rings (SSSR count). The van der Waals surface area contributed by atoms with Crippen LogP contribution in [0.25, 0.3) is 10.1 Å². The van der Waals surface area contributed by atoms with Crippen LogP contribution in [0.15, 0.2) is 24.3 Å². The smallest absolute Gasteiger partial charge is 0.325 e. The molecule has 0 aliphatic heterocycles. The average molecular weight is 295 g/mol. The number of amides is 1. The number of esters is 1. The SMILES string of the molecule is CCOC(=O)CN(C)C(=O)c1cc2c(F)cccc2s1. The highest BCUT2D eigenvalue weighted by atomic mass is 32.1. The van der Waals surface area contributed by atoms with Gasteiger partial charge in [-0.1, -0.05) is 6.07 Å². The summed E-state index contributed by atoms with van der Waals surface area (Å²) in [6.07, 6.45) is 0. The molecule has 0 unspecified atom stereocenters. The summed E-state index contributed by atoms with van der Waals surface area (Å²) < 4.78 is 19.1. The van der Waals surface area contributed by atoms with Crippen molar-refractivity contribution >= 4 is 33.3 Å². The van der Waals surface area contributed by atoms with Crippen molar-refractivity contribution in [3.8, 4) is 0 Å². The largest absolute Gasteiger partial charge is 0.465 e. The van der Waals surface area contributed by atoms with E-state index in [2.05, 4.69) is 0 Å². The van der Waals surface area contributed by atoms with Crippen LogP contribution in [0.2, 0.25) is 0 Å². The van der Waals surface area contributed by atoms with E-state index in [4.69, 9.17) is 4.74 Å². The monoisotopic (exact) mass is 295 g/mol. The van der Waals surface area contributed by atoms with Crippen LogP contribution in [0.4, 0.5) is 4.39 Å². The van der Waals surface area contributed by atoms with Crippen molar-refractivity contribution in [2.24, 2.45) is 0 Å². The molecule has 0 saturated carbocycles. The van der Waals surface area contributed by atoms with Gasteiger partial charge in [-0.25, -0.2) is 4.39 Å². The topological polar surface area (TPSA) is 46.6 Å². The highest BCUT2D eigenvalue weighted by molar-refractivity contribution is 7.20. The van der Waals surface area contributed by atoms with Gasteiger partial charge in [-0.05, 0) is 25.1 Å². The first-order valence-electron chi connectivity index (χ1n) is 6.12. The molecule has 0 aliphatic carbocycles. The number of rotatable bonds is 4. The lowest BCUT2D eigenvalue weighted by molar-refractivity contribution is -0.143. The predicted molar refractivity (Wildman–Crippen MR) is 75.4 cm³/mol. The number of carbonyl (C=O) groups is 2. The molecule has 6 heteroatoms. The first-order valence-corrected chi connectivity index (χ1v) is 6.93. The predicted octanol–water partition coefficient (Wildman–Crippen LogP) is 2.68. The van der Waals surface area contributed by atoms with E-state index in [1.165, 1.54) is 35.4 Å². The Kier molecular flexibility index (Phi) is 4.34. The minimum absolute atomic E-state index is 0.122. The zero-order valence-electron chi connectivity index (χ0n) is 11.2. The van der Waals surface area contributed by atoms with Crippen LogP contribution in [-0.4, -0.2) is 37.0 Å². The molecule has 0 fully saturated rings. The number of hydrogen-bond acceptors (Lipinski definition) is 4. The van der Waals surface area contributed by atoms with Gasteiger partial charge in [0.25, 0.3) is 5.91 Å². The zero-order valence-corrected chi connectivity index (χ0v) is 12.0. The van der Waals surface area contributed by atoms with E-state index in [0.717, 1.165) is 0 Å². The molecule has 1 aromatic heterocycles. The van der Waals surface area contributed by atoms with Crippen molar-refractivity contribution in [1.82, 2.24) is 4.90 Å². The highest BCUT2D eigenvalue weighted by Gasteiger charge is 2.18. The summed E-state index contributed by atoms with van der Waals surface area (Å²) in [6, 6.07) is 6.22. The molecule has 0 aliphatic rings. The van der Waals surface area contributed by atoms with Gasteiger partial charge in [0.2, 0.25) is 0 Å². The number of benzene rings is 1. The van der Waals surface area contributed by atoms with Crippen molar-refractivity contribution in [3.63, 3.8) is 0 Å². The fourth-order valence-electron chi connectivity index (χ4n) is 1.79. The Morgan fingerprint density at radius 1 is 1.40 bits per heavy atom. The molecule has 0 spiro atoms. The maximum Gasteiger partial charge on any atom is 0.325 e. The molecular weight excluding hydrogens is 281 g/mol. The Labute approximate surface area is 119 Å². The maximum atomic E-state index is 13.6. The van der Waals surface area contributed by atoms with Crippen LogP contribution >= 0.6 is 11.3 Å². The lowest BCUT2D eigenvalue weighted by Crippen LogP contribution is -2.32. The van der Waals surface area contributed by atoms with Crippen molar-refractivity contribution in [1.29, 1.82) is 0 Å². The fraction of sp³-hybridized carbons (Fsp3) is 0.286. The fourth-order valence-corrected chi connectivity index (χ4v) is 2.86. The van der Waals surface area contributed by atoms with E-state index >= 15 is 0 Å². The summed E-state index contributed by atoms with van der Waals surface area (Å²) in [5, 5.41) is 0.422. The standard InChI is InChI=1S/C14H14FNO3S/c1-3-19-13(17)8-16(2)14(18)12-7-9-10(15)5-4-6-11(9)20-12/h4-7H,3,8H2,1-2H3. The normalized spacial score (nSPS) is 10.6. The Bertz CT molecular complexity index is 653. The van der Waals surface area contributed by atoms with Crippen LogP contribution in [0.3, 0.4) is 0 Å². The molecule has 20 heavy (non-hydrogen) atoms. The number of thiophene rings is 1. The van der Waals surface area contributed by atoms with E-state index in [1.54, 1.807) is 19.1 Å². The van der Waals surface area contributed by atoms with E-state index in [9.17, 15) is 14.0 Å². The molecule has 0 N–H and O–H groups in total. The first kappa shape index (κ1) is 14.5. The number of nitrogens with zero attached hydrogens (tertiary/aromatic N) is 1. The number of ether oxygens (including phenoxy) is 1. The summed E-state index contributed by atoms with van der Waals surface area (Å²) >= 11 is 1.20. The first-order chi connectivity index (χ1) is 9.52. The lowest BCUT2D eigenvalue weighted by Gasteiger charge is -2.14. The van der Waals surface area contributed by atoms with Gasteiger partial charge in [0.15, 0.2) is 0 Å². The number of likely N-dealkylation sites (N-methyl/N-ethyl adjacent to an activating group) is 1. The Hall–Kier alpha value is -1.95. The molecule has 0 bridgehead atoms. The Morgan fingerprint density at radius 2 is 2.15 bits per heavy atom. The van der Waals surface area contributed by atoms with Crippen LogP contribution < -0.4 is 0 Å². The summed E-state index contributed by atoms with van der Waals surface area (Å²) in [7, 11) is 1.51. The van der Waals surface area contributed by atoms with E-state index < -0.39 is 5.97 Å². The van der Waals surface area contributed by atoms with Crippen molar-refractivity contribution in [3.05, 3.63) is 35.0 Å². The van der Waals surface area contributed by atoms with Crippen molar-refractivity contribution in [2.75, 3.05) is 20.2 Å². The average Bonchev–Trinajstić information content (AvgIpc) is 2.83. The second-order valence-electron chi connectivity index (χ2n) is 4.23. The second-order valence-corrected chi connectivity index (χ2v) is 5.31. The number of carbonyl (C=O) groups excluding carboxylic acids is 2. The minimum atomic E-state index is -0.462. The minimum Gasteiger partial charge on any atom is -0.465 e.